The zero-order chi connectivity index (χ0) is 11.5. The van der Waals surface area contributed by atoms with Crippen molar-refractivity contribution in [1.29, 1.82) is 0 Å². The molecule has 0 radical (unpaired) electrons. The molecule has 0 aliphatic heterocycles. The molecule has 0 nitrogen and oxygen atoms in total. The summed E-state index contributed by atoms with van der Waals surface area (Å²) in [5.41, 5.74) is 0. The Hall–Kier alpha value is 0.870. The minimum absolute atomic E-state index is 0. The van der Waals surface area contributed by atoms with Gasteiger partial charge in [-0.1, -0.05) is 27.7 Å². The number of hydrogen-bond donors (Lipinski definition) is 0. The average Bonchev–Trinajstić information content (AvgIpc) is 2.08. The van der Waals surface area contributed by atoms with Crippen LogP contribution in [0.25, 0.3) is 0 Å². The summed E-state index contributed by atoms with van der Waals surface area (Å²) in [4.78, 5) is 0. The van der Waals surface area contributed by atoms with Crippen LogP contribution in [0.3, 0.4) is 0 Å². The van der Waals surface area contributed by atoms with E-state index in [1.165, 1.54) is 6.42 Å². The summed E-state index contributed by atoms with van der Waals surface area (Å²) in [6.07, 6.45) is 6.32. The molecule has 0 amide bonds. The van der Waals surface area contributed by atoms with Gasteiger partial charge >= 0.3 is 25.8 Å². The van der Waals surface area contributed by atoms with Crippen molar-refractivity contribution < 1.29 is 25.8 Å². The van der Waals surface area contributed by atoms with Crippen molar-refractivity contribution in [1.82, 2.24) is 0 Å². The Morgan fingerprint density at radius 3 is 0.857 bits per heavy atom. The van der Waals surface area contributed by atoms with Crippen molar-refractivity contribution in [2.75, 3.05) is 0 Å². The molecular formula is C13H30Hf. The number of rotatable bonds is 1. The van der Waals surface area contributed by atoms with E-state index in [1.54, 1.807) is 0 Å². The third-order valence-electron chi connectivity index (χ3n) is 0.408. The normalized spacial score (nSPS) is 6.00. The second-order valence-electron chi connectivity index (χ2n) is 2.32. The third kappa shape index (κ3) is 519. The number of unbranched alkanes of at least 4 members (excludes halogenated alkanes) is 1. The minimum atomic E-state index is 0. The average molecular weight is 365 g/mol. The molecule has 86 valence electrons. The van der Waals surface area contributed by atoms with Crippen LogP contribution in [0.1, 0.15) is 60.3 Å². The van der Waals surface area contributed by atoms with E-state index in [4.69, 9.17) is 0 Å². The standard InChI is InChI=1S/C4H9.3C3H7.Hf/c1-3-4-2;3*1-3-2;/h3H,4H2,1-2H3;3*1,3H2,2H3;/q4*-1;+4. The molecule has 0 spiro atoms. The molecule has 0 aromatic carbocycles. The maximum atomic E-state index is 3.49. The van der Waals surface area contributed by atoms with Gasteiger partial charge in [0.25, 0.3) is 0 Å². The fourth-order valence-electron chi connectivity index (χ4n) is 0. The molecule has 0 bridgehead atoms. The van der Waals surface area contributed by atoms with Crippen molar-refractivity contribution in [3.05, 3.63) is 27.2 Å². The van der Waals surface area contributed by atoms with Gasteiger partial charge in [-0.2, -0.15) is 32.6 Å². The maximum absolute atomic E-state index is 3.49. The summed E-state index contributed by atoms with van der Waals surface area (Å²) in [7, 11) is 0. The molecule has 1 heteroatoms. The number of hydrogen-bond acceptors (Lipinski definition) is 0. The van der Waals surface area contributed by atoms with Crippen LogP contribution in [-0.4, -0.2) is 0 Å². The molecule has 0 fully saturated rings. The Balaban J connectivity index is -0.0000000254. The Morgan fingerprint density at radius 1 is 0.786 bits per heavy atom. The molecule has 0 saturated carbocycles. The SMILES string of the molecule is C[CH-]CC.[CH2-]CC.[CH2-]CC.[CH2-]CC.[Hf+4]. The Bertz CT molecular complexity index is 21.7. The molecule has 0 rings (SSSR count). The minimum Gasteiger partial charge on any atom is -0.344 e. The molecule has 0 aromatic rings. The smallest absolute Gasteiger partial charge is 0.344 e. The van der Waals surface area contributed by atoms with Crippen LogP contribution in [0.2, 0.25) is 0 Å². The van der Waals surface area contributed by atoms with Crippen molar-refractivity contribution in [2.24, 2.45) is 0 Å². The predicted octanol–water partition coefficient (Wildman–Crippen LogP) is 5.31. The third-order valence-corrected chi connectivity index (χ3v) is 0.408. The van der Waals surface area contributed by atoms with Crippen LogP contribution in [0.4, 0.5) is 0 Å². The van der Waals surface area contributed by atoms with Crippen molar-refractivity contribution in [3.8, 4) is 0 Å². The van der Waals surface area contributed by atoms with Gasteiger partial charge < -0.3 is 27.2 Å². The van der Waals surface area contributed by atoms with E-state index >= 15 is 0 Å². The topological polar surface area (TPSA) is 0 Å². The van der Waals surface area contributed by atoms with Gasteiger partial charge in [0.1, 0.15) is 0 Å². The van der Waals surface area contributed by atoms with E-state index in [9.17, 15) is 0 Å². The molecule has 0 saturated heterocycles. The first kappa shape index (κ1) is 29.4. The van der Waals surface area contributed by atoms with E-state index in [2.05, 4.69) is 41.0 Å². The van der Waals surface area contributed by atoms with Crippen LogP contribution in [0.5, 0.6) is 0 Å². The molecule has 0 unspecified atom stereocenters. The van der Waals surface area contributed by atoms with Crippen LogP contribution in [0.15, 0.2) is 0 Å². The summed E-state index contributed by atoms with van der Waals surface area (Å²) in [6.45, 7) is 20.7. The van der Waals surface area contributed by atoms with Gasteiger partial charge in [0.15, 0.2) is 0 Å². The zero-order valence-corrected chi connectivity index (χ0v) is 14.6. The molecular weight excluding hydrogens is 335 g/mol. The molecule has 14 heavy (non-hydrogen) atoms. The molecule has 0 heterocycles. The first-order valence-electron chi connectivity index (χ1n) is 5.31. The van der Waals surface area contributed by atoms with Gasteiger partial charge in [-0.3, -0.25) is 0 Å². The van der Waals surface area contributed by atoms with Crippen LogP contribution in [0, 0.1) is 27.2 Å². The van der Waals surface area contributed by atoms with Gasteiger partial charge in [-0.15, -0.1) is 0 Å². The van der Waals surface area contributed by atoms with Gasteiger partial charge in [0.2, 0.25) is 0 Å². The van der Waals surface area contributed by atoms with E-state index in [0.717, 1.165) is 19.3 Å². The van der Waals surface area contributed by atoms with Gasteiger partial charge in [0.05, 0.1) is 0 Å². The van der Waals surface area contributed by atoms with E-state index in [0.29, 0.717) is 0 Å². The van der Waals surface area contributed by atoms with Crippen molar-refractivity contribution >= 4 is 0 Å². The fraction of sp³-hybridized carbons (Fsp3) is 0.692. The van der Waals surface area contributed by atoms with E-state index in [-0.39, 0.29) is 25.8 Å². The molecule has 0 N–H and O–H groups in total. The summed E-state index contributed by atoms with van der Waals surface area (Å²) in [5, 5.41) is 0. The Morgan fingerprint density at radius 2 is 0.857 bits per heavy atom. The molecule has 0 aliphatic carbocycles. The zero-order valence-electron chi connectivity index (χ0n) is 11.0. The fourth-order valence-corrected chi connectivity index (χ4v) is 0. The first-order valence-corrected chi connectivity index (χ1v) is 5.31. The van der Waals surface area contributed by atoms with E-state index < -0.39 is 0 Å². The van der Waals surface area contributed by atoms with Crippen molar-refractivity contribution in [3.63, 3.8) is 0 Å². The van der Waals surface area contributed by atoms with Crippen LogP contribution in [-0.2, 0) is 25.8 Å². The Labute approximate surface area is 113 Å². The maximum Gasteiger partial charge on any atom is 4.00 e. The molecule has 0 aliphatic rings. The Kier molecular flexibility index (Phi) is 140. The van der Waals surface area contributed by atoms with Crippen molar-refractivity contribution in [2.45, 2.75) is 60.3 Å². The quantitative estimate of drug-likeness (QED) is 0.437. The van der Waals surface area contributed by atoms with Gasteiger partial charge in [0, 0.05) is 0 Å². The summed E-state index contributed by atoms with van der Waals surface area (Å²) >= 11 is 0. The molecule has 0 atom stereocenters. The first-order chi connectivity index (χ1) is 6.16. The monoisotopic (exact) mass is 366 g/mol. The van der Waals surface area contributed by atoms with Crippen LogP contribution < -0.4 is 0 Å². The van der Waals surface area contributed by atoms with Crippen LogP contribution >= 0.6 is 0 Å². The second-order valence-corrected chi connectivity index (χ2v) is 2.32. The summed E-state index contributed by atoms with van der Waals surface area (Å²) in [5.74, 6) is 0. The predicted molar refractivity (Wildman–Crippen MR) is 67.2 cm³/mol. The van der Waals surface area contributed by atoms with Gasteiger partial charge in [-0.25, -0.2) is 0 Å². The van der Waals surface area contributed by atoms with Gasteiger partial charge in [-0.05, 0) is 0 Å². The summed E-state index contributed by atoms with van der Waals surface area (Å²) < 4.78 is 0. The summed E-state index contributed by atoms with van der Waals surface area (Å²) in [6, 6.07) is 0. The largest absolute Gasteiger partial charge is 4.00 e. The molecule has 0 aromatic heterocycles. The second kappa shape index (κ2) is 66.7. The van der Waals surface area contributed by atoms with E-state index in [1.807, 2.05) is 20.8 Å².